The van der Waals surface area contributed by atoms with Crippen LogP contribution in [0.5, 0.6) is 11.5 Å². The number of ether oxygens (including phenoxy) is 2. The van der Waals surface area contributed by atoms with Crippen molar-refractivity contribution in [1.82, 2.24) is 25.5 Å². The summed E-state index contributed by atoms with van der Waals surface area (Å²) in [7, 11) is 0. The number of nitrogens with one attached hydrogen (secondary N) is 1. The number of carbonyl (C=O) groups is 1. The number of fused-ring (bicyclic) bond motifs is 1. The molecule has 4 rings (SSSR count). The van der Waals surface area contributed by atoms with E-state index in [-0.39, 0.29) is 18.6 Å². The van der Waals surface area contributed by atoms with E-state index in [1.54, 1.807) is 18.2 Å². The van der Waals surface area contributed by atoms with Gasteiger partial charge in [0.15, 0.2) is 11.5 Å². The Bertz CT molecular complexity index is 961. The van der Waals surface area contributed by atoms with Gasteiger partial charge in [0.1, 0.15) is 19.3 Å². The number of aromatic nitrogens is 4. The normalized spacial score (nSPS) is 15.4. The minimum Gasteiger partial charge on any atom is -0.486 e. The van der Waals surface area contributed by atoms with E-state index in [1.807, 2.05) is 30.3 Å². The highest BCUT2D eigenvalue weighted by atomic mass is 35.5. The number of tetrazole rings is 1. The molecule has 0 spiro atoms. The molecule has 1 aliphatic rings. The molecule has 1 amide bonds. The molecule has 0 bridgehead atoms. The van der Waals surface area contributed by atoms with Crippen LogP contribution in [0.2, 0.25) is 5.02 Å². The van der Waals surface area contributed by atoms with Crippen LogP contribution in [0.25, 0.3) is 11.4 Å². The van der Waals surface area contributed by atoms with Gasteiger partial charge >= 0.3 is 0 Å². The summed E-state index contributed by atoms with van der Waals surface area (Å²) in [5, 5.41) is 15.4. The van der Waals surface area contributed by atoms with Crippen LogP contribution in [0.4, 0.5) is 0 Å². The van der Waals surface area contributed by atoms with Gasteiger partial charge in [0.2, 0.25) is 11.7 Å². The molecule has 2 aromatic carbocycles. The fraction of sp³-hybridized carbons (Fsp3) is 0.222. The minimum absolute atomic E-state index is 0.0439. The van der Waals surface area contributed by atoms with Crippen LogP contribution >= 0.6 is 11.6 Å². The van der Waals surface area contributed by atoms with Crippen LogP contribution in [0, 0.1) is 0 Å². The van der Waals surface area contributed by atoms with Crippen LogP contribution in [0.15, 0.2) is 48.5 Å². The highest BCUT2D eigenvalue weighted by molar-refractivity contribution is 6.30. The van der Waals surface area contributed by atoms with Crippen LogP contribution < -0.4 is 14.8 Å². The van der Waals surface area contributed by atoms with E-state index >= 15 is 0 Å². The number of hydrogen-bond donors (Lipinski definition) is 1. The molecule has 0 radical (unpaired) electrons. The maximum atomic E-state index is 12.1. The molecule has 8 nitrogen and oxygen atoms in total. The third kappa shape index (κ3) is 4.17. The van der Waals surface area contributed by atoms with Crippen molar-refractivity contribution in [2.75, 3.05) is 13.2 Å². The molecule has 0 saturated heterocycles. The summed E-state index contributed by atoms with van der Waals surface area (Å²) < 4.78 is 11.4. The first-order valence-electron chi connectivity index (χ1n) is 8.36. The lowest BCUT2D eigenvalue weighted by Gasteiger charge is -2.26. The molecule has 0 aliphatic carbocycles. The highest BCUT2D eigenvalue weighted by Gasteiger charge is 2.21. The van der Waals surface area contributed by atoms with E-state index in [0.717, 1.165) is 5.56 Å². The number of rotatable bonds is 5. The van der Waals surface area contributed by atoms with Crippen molar-refractivity contribution in [3.8, 4) is 22.9 Å². The quantitative estimate of drug-likeness (QED) is 0.721. The first-order chi connectivity index (χ1) is 13.2. The number of halogens is 1. The van der Waals surface area contributed by atoms with Gasteiger partial charge in [0, 0.05) is 10.6 Å². The standard InChI is InChI=1S/C18H16ClN5O3/c19-13-5-3-4-12(8-13)18-21-23-24(22-18)10-17(25)20-9-14-11-26-15-6-1-2-7-16(15)27-14/h1-8,14H,9-11H2,(H,20,25)/t14-/m1/s1. The largest absolute Gasteiger partial charge is 0.486 e. The van der Waals surface area contributed by atoms with Gasteiger partial charge in [-0.05, 0) is 29.5 Å². The van der Waals surface area contributed by atoms with Gasteiger partial charge in [0.25, 0.3) is 0 Å². The summed E-state index contributed by atoms with van der Waals surface area (Å²) in [4.78, 5) is 13.4. The number of nitrogens with zero attached hydrogens (tertiary/aromatic N) is 4. The van der Waals surface area contributed by atoms with Gasteiger partial charge < -0.3 is 14.8 Å². The Labute approximate surface area is 160 Å². The van der Waals surface area contributed by atoms with Gasteiger partial charge in [-0.25, -0.2) is 0 Å². The van der Waals surface area contributed by atoms with Gasteiger partial charge in [-0.1, -0.05) is 35.9 Å². The van der Waals surface area contributed by atoms with E-state index < -0.39 is 0 Å². The van der Waals surface area contributed by atoms with Crippen LogP contribution in [-0.2, 0) is 11.3 Å². The molecular formula is C18H16ClN5O3. The van der Waals surface area contributed by atoms with Gasteiger partial charge in [0.05, 0.1) is 6.54 Å². The third-order valence-corrected chi connectivity index (χ3v) is 4.15. The summed E-state index contributed by atoms with van der Waals surface area (Å²) in [6.07, 6.45) is -0.255. The molecule has 1 atom stereocenters. The number of amides is 1. The predicted molar refractivity (Wildman–Crippen MR) is 97.6 cm³/mol. The van der Waals surface area contributed by atoms with Gasteiger partial charge in [-0.2, -0.15) is 4.80 Å². The van der Waals surface area contributed by atoms with E-state index in [0.29, 0.717) is 35.5 Å². The first-order valence-corrected chi connectivity index (χ1v) is 8.74. The zero-order chi connectivity index (χ0) is 18.6. The van der Waals surface area contributed by atoms with Crippen LogP contribution in [0.3, 0.4) is 0 Å². The van der Waals surface area contributed by atoms with E-state index in [2.05, 4.69) is 20.7 Å². The molecule has 9 heteroatoms. The first kappa shape index (κ1) is 17.3. The molecule has 0 saturated carbocycles. The molecule has 0 fully saturated rings. The molecule has 2 heterocycles. The molecule has 138 valence electrons. The summed E-state index contributed by atoms with van der Waals surface area (Å²) in [5.74, 6) is 1.55. The van der Waals surface area contributed by atoms with E-state index in [1.165, 1.54) is 4.80 Å². The summed E-state index contributed by atoms with van der Waals surface area (Å²) in [5.41, 5.74) is 0.737. The fourth-order valence-corrected chi connectivity index (χ4v) is 2.82. The van der Waals surface area contributed by atoms with Crippen LogP contribution in [-0.4, -0.2) is 45.4 Å². The van der Waals surface area contributed by atoms with Crippen molar-refractivity contribution >= 4 is 17.5 Å². The second-order valence-electron chi connectivity index (χ2n) is 5.96. The van der Waals surface area contributed by atoms with Gasteiger partial charge in [-0.3, -0.25) is 4.79 Å². The smallest absolute Gasteiger partial charge is 0.243 e. The van der Waals surface area contributed by atoms with Crippen molar-refractivity contribution in [2.45, 2.75) is 12.6 Å². The minimum atomic E-state index is -0.255. The summed E-state index contributed by atoms with van der Waals surface area (Å²) >= 11 is 5.96. The number of carbonyl (C=O) groups excluding carboxylic acids is 1. The lowest BCUT2D eigenvalue weighted by Crippen LogP contribution is -2.41. The van der Waals surface area contributed by atoms with E-state index in [4.69, 9.17) is 21.1 Å². The molecule has 27 heavy (non-hydrogen) atoms. The average molecular weight is 386 g/mol. The Morgan fingerprint density at radius 2 is 2.07 bits per heavy atom. The zero-order valence-electron chi connectivity index (χ0n) is 14.2. The van der Waals surface area contributed by atoms with Crippen molar-refractivity contribution in [1.29, 1.82) is 0 Å². The maximum absolute atomic E-state index is 12.1. The van der Waals surface area contributed by atoms with Crippen molar-refractivity contribution < 1.29 is 14.3 Å². The Morgan fingerprint density at radius 3 is 2.93 bits per heavy atom. The van der Waals surface area contributed by atoms with Crippen molar-refractivity contribution in [2.24, 2.45) is 0 Å². The Balaban J connectivity index is 1.30. The number of para-hydroxylation sites is 2. The number of benzene rings is 2. The maximum Gasteiger partial charge on any atom is 0.243 e. The fourth-order valence-electron chi connectivity index (χ4n) is 2.63. The molecule has 1 aliphatic heterocycles. The molecular weight excluding hydrogens is 370 g/mol. The monoisotopic (exact) mass is 385 g/mol. The Morgan fingerprint density at radius 1 is 1.22 bits per heavy atom. The lowest BCUT2D eigenvalue weighted by atomic mass is 10.2. The average Bonchev–Trinajstić information content (AvgIpc) is 3.15. The summed E-state index contributed by atoms with van der Waals surface area (Å²) in [6.45, 7) is 0.651. The Hall–Kier alpha value is -3.13. The molecule has 0 unspecified atom stereocenters. The third-order valence-electron chi connectivity index (χ3n) is 3.92. The van der Waals surface area contributed by atoms with Crippen molar-refractivity contribution in [3.05, 3.63) is 53.6 Å². The van der Waals surface area contributed by atoms with Gasteiger partial charge in [-0.15, -0.1) is 10.2 Å². The van der Waals surface area contributed by atoms with E-state index in [9.17, 15) is 4.79 Å². The lowest BCUT2D eigenvalue weighted by molar-refractivity contribution is -0.122. The second kappa shape index (κ2) is 7.63. The van der Waals surface area contributed by atoms with Crippen LogP contribution in [0.1, 0.15) is 0 Å². The highest BCUT2D eigenvalue weighted by Crippen LogP contribution is 2.30. The molecule has 3 aromatic rings. The van der Waals surface area contributed by atoms with Crippen molar-refractivity contribution in [3.63, 3.8) is 0 Å². The topological polar surface area (TPSA) is 91.2 Å². The SMILES string of the molecule is O=C(Cn1nnc(-c2cccc(Cl)c2)n1)NC[C@@H]1COc2ccccc2O1. The molecule has 1 aromatic heterocycles. The zero-order valence-corrected chi connectivity index (χ0v) is 15.0. The number of hydrogen-bond acceptors (Lipinski definition) is 6. The second-order valence-corrected chi connectivity index (χ2v) is 6.39. The predicted octanol–water partition coefficient (Wildman–Crippen LogP) is 1.95. The molecule has 1 N–H and O–H groups in total. The summed E-state index contributed by atoms with van der Waals surface area (Å²) in [6, 6.07) is 14.6. The Kier molecular flexibility index (Phi) is 4.88.